The third kappa shape index (κ3) is 5.42. The predicted molar refractivity (Wildman–Crippen MR) is 120 cm³/mol. The Morgan fingerprint density at radius 3 is 2.78 bits per heavy atom. The van der Waals surface area contributed by atoms with Crippen molar-refractivity contribution in [2.75, 3.05) is 20.2 Å². The molecule has 0 spiro atoms. The third-order valence-electron chi connectivity index (χ3n) is 6.26. The molecular formula is C25H32N2O5. The van der Waals surface area contributed by atoms with Gasteiger partial charge in [-0.25, -0.2) is 4.79 Å². The second kappa shape index (κ2) is 10.5. The Morgan fingerprint density at radius 2 is 2.06 bits per heavy atom. The molecule has 1 aliphatic carbocycles. The third-order valence-corrected chi connectivity index (χ3v) is 6.26. The lowest BCUT2D eigenvalue weighted by Crippen LogP contribution is -2.51. The van der Waals surface area contributed by atoms with Crippen LogP contribution in [-0.4, -0.2) is 54.7 Å². The first-order valence-electron chi connectivity index (χ1n) is 11.3. The summed E-state index contributed by atoms with van der Waals surface area (Å²) in [6, 6.07) is 7.79. The summed E-state index contributed by atoms with van der Waals surface area (Å²) >= 11 is 0. The number of fused-ring (bicyclic) bond motifs is 1. The SMILES string of the molecule is CCNC(=O)CCC(=O)O[C@@]1(C#Cc2cccc(C)c2)CCC[C@@H]2[C@H]1CCN2C(=O)OC. The number of aryl methyl sites for hydroxylation is 1. The van der Waals surface area contributed by atoms with Gasteiger partial charge in [-0.05, 0) is 63.1 Å². The van der Waals surface area contributed by atoms with Crippen LogP contribution in [0.1, 0.15) is 56.6 Å². The molecule has 3 rings (SSSR count). The molecule has 1 aromatic rings. The van der Waals surface area contributed by atoms with E-state index in [1.807, 2.05) is 38.1 Å². The van der Waals surface area contributed by atoms with E-state index < -0.39 is 11.6 Å². The van der Waals surface area contributed by atoms with Gasteiger partial charge in [-0.2, -0.15) is 0 Å². The summed E-state index contributed by atoms with van der Waals surface area (Å²) in [6.45, 7) is 4.91. The molecule has 2 fully saturated rings. The number of carbonyl (C=O) groups excluding carboxylic acids is 3. The van der Waals surface area contributed by atoms with E-state index in [2.05, 4.69) is 17.2 Å². The van der Waals surface area contributed by atoms with E-state index in [9.17, 15) is 14.4 Å². The molecule has 32 heavy (non-hydrogen) atoms. The highest BCUT2D eigenvalue weighted by molar-refractivity contribution is 5.81. The van der Waals surface area contributed by atoms with Crippen LogP contribution < -0.4 is 5.32 Å². The van der Waals surface area contributed by atoms with Gasteiger partial charge in [0.25, 0.3) is 0 Å². The zero-order valence-electron chi connectivity index (χ0n) is 19.1. The van der Waals surface area contributed by atoms with Crippen LogP contribution in [0.3, 0.4) is 0 Å². The van der Waals surface area contributed by atoms with Gasteiger partial charge >= 0.3 is 12.1 Å². The maximum Gasteiger partial charge on any atom is 0.409 e. The molecule has 1 saturated carbocycles. The summed E-state index contributed by atoms with van der Waals surface area (Å²) in [5.41, 5.74) is 0.963. The maximum absolute atomic E-state index is 12.8. The number of benzene rings is 1. The maximum atomic E-state index is 12.8. The Bertz CT molecular complexity index is 918. The van der Waals surface area contributed by atoms with Crippen molar-refractivity contribution in [3.8, 4) is 11.8 Å². The van der Waals surface area contributed by atoms with Gasteiger partial charge in [-0.15, -0.1) is 0 Å². The first-order chi connectivity index (χ1) is 15.4. The largest absolute Gasteiger partial charge is 0.453 e. The number of amides is 2. The summed E-state index contributed by atoms with van der Waals surface area (Å²) in [6.07, 6.45) is 2.61. The van der Waals surface area contributed by atoms with Crippen molar-refractivity contribution >= 4 is 18.0 Å². The number of carbonyl (C=O) groups is 3. The van der Waals surface area contributed by atoms with E-state index in [0.29, 0.717) is 25.9 Å². The minimum Gasteiger partial charge on any atom is -0.453 e. The van der Waals surface area contributed by atoms with Crippen LogP contribution in [0.4, 0.5) is 4.79 Å². The van der Waals surface area contributed by atoms with E-state index in [0.717, 1.165) is 24.0 Å². The van der Waals surface area contributed by atoms with E-state index in [1.165, 1.54) is 7.11 Å². The molecule has 172 valence electrons. The Balaban J connectivity index is 1.87. The normalized spacial score (nSPS) is 24.0. The Hall–Kier alpha value is -3.01. The van der Waals surface area contributed by atoms with Crippen molar-refractivity contribution in [1.29, 1.82) is 0 Å². The number of hydrogen-bond donors (Lipinski definition) is 1. The first kappa shape index (κ1) is 23.6. The summed E-state index contributed by atoms with van der Waals surface area (Å²) in [5.74, 6) is 5.80. The standard InChI is InChI=1S/C25H32N2O5/c1-4-26-22(28)10-11-23(29)32-25(15-12-19-8-5-7-18(2)17-19)14-6-9-21-20(25)13-16-27(21)24(30)31-3/h5,7-8,17,20-21H,4,6,9-11,13-14,16H2,1-3H3,(H,26,28)/t20-,21-,25-/m1/s1. The second-order valence-electron chi connectivity index (χ2n) is 8.45. The van der Waals surface area contributed by atoms with Gasteiger partial charge in [0.05, 0.1) is 13.5 Å². The fraction of sp³-hybridized carbons (Fsp3) is 0.560. The van der Waals surface area contributed by atoms with Gasteiger partial charge in [0.15, 0.2) is 5.60 Å². The van der Waals surface area contributed by atoms with E-state index in [1.54, 1.807) is 4.90 Å². The number of rotatable bonds is 5. The molecule has 3 atom stereocenters. The van der Waals surface area contributed by atoms with Crippen LogP contribution in [0.5, 0.6) is 0 Å². The lowest BCUT2D eigenvalue weighted by Gasteiger charge is -2.42. The van der Waals surface area contributed by atoms with Gasteiger partial charge < -0.3 is 19.7 Å². The smallest absolute Gasteiger partial charge is 0.409 e. The first-order valence-corrected chi connectivity index (χ1v) is 11.3. The van der Waals surface area contributed by atoms with Crippen LogP contribution >= 0.6 is 0 Å². The molecule has 2 amide bonds. The number of likely N-dealkylation sites (tertiary alicyclic amines) is 1. The summed E-state index contributed by atoms with van der Waals surface area (Å²) in [5, 5.41) is 2.69. The number of nitrogens with zero attached hydrogens (tertiary/aromatic N) is 1. The predicted octanol–water partition coefficient (Wildman–Crippen LogP) is 3.19. The summed E-state index contributed by atoms with van der Waals surface area (Å²) in [7, 11) is 1.38. The Morgan fingerprint density at radius 1 is 1.25 bits per heavy atom. The molecule has 7 nitrogen and oxygen atoms in total. The number of ether oxygens (including phenoxy) is 2. The van der Waals surface area contributed by atoms with Gasteiger partial charge in [0, 0.05) is 37.0 Å². The minimum atomic E-state index is -0.992. The summed E-state index contributed by atoms with van der Waals surface area (Å²) in [4.78, 5) is 38.6. The van der Waals surface area contributed by atoms with Crippen molar-refractivity contribution < 1.29 is 23.9 Å². The number of esters is 1. The zero-order chi connectivity index (χ0) is 23.1. The lowest BCUT2D eigenvalue weighted by atomic mass is 9.72. The molecule has 0 aromatic heterocycles. The number of methoxy groups -OCH3 is 1. The van der Waals surface area contributed by atoms with Crippen molar-refractivity contribution in [2.24, 2.45) is 5.92 Å². The molecule has 1 aromatic carbocycles. The molecule has 1 N–H and O–H groups in total. The molecule has 0 unspecified atom stereocenters. The average Bonchev–Trinajstić information content (AvgIpc) is 3.22. The molecule has 2 aliphatic rings. The Labute approximate surface area is 189 Å². The molecule has 0 bridgehead atoms. The van der Waals surface area contributed by atoms with Gasteiger partial charge in [-0.1, -0.05) is 18.1 Å². The van der Waals surface area contributed by atoms with Crippen molar-refractivity contribution in [2.45, 2.75) is 64.0 Å². The van der Waals surface area contributed by atoms with E-state index in [4.69, 9.17) is 9.47 Å². The molecule has 7 heteroatoms. The number of nitrogens with one attached hydrogen (secondary N) is 1. The highest BCUT2D eigenvalue weighted by atomic mass is 16.6. The minimum absolute atomic E-state index is 0.00217. The monoisotopic (exact) mass is 440 g/mol. The fourth-order valence-corrected chi connectivity index (χ4v) is 4.82. The average molecular weight is 441 g/mol. The van der Waals surface area contributed by atoms with Crippen LogP contribution in [0, 0.1) is 24.7 Å². The van der Waals surface area contributed by atoms with Gasteiger partial charge in [-0.3, -0.25) is 9.59 Å². The highest BCUT2D eigenvalue weighted by Gasteiger charge is 2.53. The molecule has 1 saturated heterocycles. The van der Waals surface area contributed by atoms with Gasteiger partial charge in [0.1, 0.15) is 0 Å². The van der Waals surface area contributed by atoms with E-state index in [-0.39, 0.29) is 36.8 Å². The number of hydrogen-bond acceptors (Lipinski definition) is 5. The van der Waals surface area contributed by atoms with Crippen molar-refractivity contribution in [3.05, 3.63) is 35.4 Å². The van der Waals surface area contributed by atoms with Crippen LogP contribution in [-0.2, 0) is 19.1 Å². The highest BCUT2D eigenvalue weighted by Crippen LogP contribution is 2.45. The topological polar surface area (TPSA) is 84.9 Å². The molecule has 0 radical (unpaired) electrons. The zero-order valence-corrected chi connectivity index (χ0v) is 19.1. The molecular weight excluding hydrogens is 408 g/mol. The van der Waals surface area contributed by atoms with Crippen LogP contribution in [0.25, 0.3) is 0 Å². The van der Waals surface area contributed by atoms with E-state index >= 15 is 0 Å². The van der Waals surface area contributed by atoms with Crippen molar-refractivity contribution in [3.63, 3.8) is 0 Å². The van der Waals surface area contributed by atoms with Crippen LogP contribution in [0.15, 0.2) is 24.3 Å². The van der Waals surface area contributed by atoms with Gasteiger partial charge in [0.2, 0.25) is 5.91 Å². The van der Waals surface area contributed by atoms with Crippen LogP contribution in [0.2, 0.25) is 0 Å². The lowest BCUT2D eigenvalue weighted by molar-refractivity contribution is -0.163. The molecule has 1 heterocycles. The van der Waals surface area contributed by atoms with Crippen molar-refractivity contribution in [1.82, 2.24) is 10.2 Å². The Kier molecular flexibility index (Phi) is 7.79. The molecule has 1 aliphatic heterocycles. The quantitative estimate of drug-likeness (QED) is 0.562. The fourth-order valence-electron chi connectivity index (χ4n) is 4.82. The summed E-state index contributed by atoms with van der Waals surface area (Å²) < 4.78 is 11.0. The second-order valence-corrected chi connectivity index (χ2v) is 8.45.